The van der Waals surface area contributed by atoms with Crippen molar-refractivity contribution in [2.45, 2.75) is 38.2 Å². The molecule has 4 heterocycles. The van der Waals surface area contributed by atoms with Crippen LogP contribution in [0.15, 0.2) is 30.3 Å². The van der Waals surface area contributed by atoms with Gasteiger partial charge >= 0.3 is 0 Å². The summed E-state index contributed by atoms with van der Waals surface area (Å²) in [5.41, 5.74) is 3.37. The van der Waals surface area contributed by atoms with Crippen LogP contribution in [0.4, 0.5) is 5.95 Å². The molecule has 1 aliphatic carbocycles. The molecular formula is C21H21N5OS. The van der Waals surface area contributed by atoms with E-state index in [0.29, 0.717) is 0 Å². The van der Waals surface area contributed by atoms with Gasteiger partial charge in [-0.05, 0) is 37.7 Å². The minimum atomic E-state index is 0.248. The van der Waals surface area contributed by atoms with Gasteiger partial charge in [-0.3, -0.25) is 0 Å². The molecule has 7 heteroatoms. The fourth-order valence-electron chi connectivity index (χ4n) is 4.30. The third-order valence-electron chi connectivity index (χ3n) is 5.69. The molecule has 1 N–H and O–H groups in total. The van der Waals surface area contributed by atoms with E-state index in [1.165, 1.54) is 22.2 Å². The van der Waals surface area contributed by atoms with Gasteiger partial charge in [0.05, 0.1) is 11.5 Å². The van der Waals surface area contributed by atoms with Crippen molar-refractivity contribution in [3.05, 3.63) is 40.8 Å². The molecule has 6 rings (SSSR count). The van der Waals surface area contributed by atoms with E-state index in [1.807, 2.05) is 34.1 Å². The van der Waals surface area contributed by atoms with Gasteiger partial charge in [0.2, 0.25) is 5.95 Å². The Morgan fingerprint density at radius 3 is 2.93 bits per heavy atom. The maximum atomic E-state index is 5.77. The second kappa shape index (κ2) is 6.53. The lowest BCUT2D eigenvalue weighted by Gasteiger charge is -2.12. The Morgan fingerprint density at radius 1 is 1.14 bits per heavy atom. The summed E-state index contributed by atoms with van der Waals surface area (Å²) >= 11 is 1.82. The van der Waals surface area contributed by atoms with Crippen LogP contribution in [-0.4, -0.2) is 38.8 Å². The molecular weight excluding hydrogens is 370 g/mol. The van der Waals surface area contributed by atoms with Crippen molar-refractivity contribution in [2.75, 3.05) is 18.5 Å². The van der Waals surface area contributed by atoms with Gasteiger partial charge in [0.1, 0.15) is 4.83 Å². The van der Waals surface area contributed by atoms with Crippen LogP contribution >= 0.6 is 11.3 Å². The second-order valence-corrected chi connectivity index (χ2v) is 8.61. The summed E-state index contributed by atoms with van der Waals surface area (Å²) in [7, 11) is 0. The van der Waals surface area contributed by atoms with Gasteiger partial charge in [-0.1, -0.05) is 30.3 Å². The van der Waals surface area contributed by atoms with E-state index in [9.17, 15) is 0 Å². The highest BCUT2D eigenvalue weighted by molar-refractivity contribution is 7.19. The topological polar surface area (TPSA) is 64.3 Å². The number of thiophene rings is 1. The van der Waals surface area contributed by atoms with Gasteiger partial charge in [-0.15, -0.1) is 16.4 Å². The quantitative estimate of drug-likeness (QED) is 0.568. The number of aromatic nitrogens is 4. The minimum Gasteiger partial charge on any atom is -0.376 e. The first-order valence-corrected chi connectivity index (χ1v) is 10.8. The van der Waals surface area contributed by atoms with Crippen molar-refractivity contribution in [3.8, 4) is 11.4 Å². The van der Waals surface area contributed by atoms with Gasteiger partial charge in [0, 0.05) is 23.6 Å². The maximum Gasteiger partial charge on any atom is 0.227 e. The van der Waals surface area contributed by atoms with Crippen LogP contribution in [-0.2, 0) is 17.6 Å². The first kappa shape index (κ1) is 16.4. The lowest BCUT2D eigenvalue weighted by molar-refractivity contribution is 0.120. The highest BCUT2D eigenvalue weighted by atomic mass is 32.1. The zero-order chi connectivity index (χ0) is 18.5. The Morgan fingerprint density at radius 2 is 2.07 bits per heavy atom. The van der Waals surface area contributed by atoms with Crippen molar-refractivity contribution in [1.29, 1.82) is 0 Å². The van der Waals surface area contributed by atoms with Crippen LogP contribution in [0.3, 0.4) is 0 Å². The fraction of sp³-hybridized carbons (Fsp3) is 0.381. The molecule has 0 amide bonds. The smallest absolute Gasteiger partial charge is 0.227 e. The highest BCUT2D eigenvalue weighted by Crippen LogP contribution is 2.39. The van der Waals surface area contributed by atoms with Crippen LogP contribution in [0.1, 0.15) is 29.7 Å². The Balaban J connectivity index is 1.52. The Labute approximate surface area is 166 Å². The molecule has 0 radical (unpaired) electrons. The zero-order valence-corrected chi connectivity index (χ0v) is 16.3. The third kappa shape index (κ3) is 2.61. The summed E-state index contributed by atoms with van der Waals surface area (Å²) < 4.78 is 7.66. The number of hydrogen-bond donors (Lipinski definition) is 1. The molecule has 6 nitrogen and oxygen atoms in total. The molecule has 1 aliphatic heterocycles. The van der Waals surface area contributed by atoms with E-state index in [1.54, 1.807) is 0 Å². The summed E-state index contributed by atoms with van der Waals surface area (Å²) in [6.07, 6.45) is 5.97. The Bertz CT molecular complexity index is 1160. The van der Waals surface area contributed by atoms with E-state index >= 15 is 0 Å². The van der Waals surface area contributed by atoms with Crippen LogP contribution < -0.4 is 5.32 Å². The average molecular weight is 392 g/mol. The number of rotatable bonds is 4. The molecule has 1 aromatic carbocycles. The summed E-state index contributed by atoms with van der Waals surface area (Å²) in [4.78, 5) is 12.4. The molecule has 1 fully saturated rings. The molecule has 1 atom stereocenters. The molecule has 3 aromatic heterocycles. The molecule has 142 valence electrons. The highest BCUT2D eigenvalue weighted by Gasteiger charge is 2.24. The lowest BCUT2D eigenvalue weighted by Crippen LogP contribution is -2.20. The fourth-order valence-corrected chi connectivity index (χ4v) is 5.55. The Kier molecular flexibility index (Phi) is 3.84. The van der Waals surface area contributed by atoms with Crippen molar-refractivity contribution < 1.29 is 4.74 Å². The number of aryl methyl sites for hydroxylation is 2. The van der Waals surface area contributed by atoms with Crippen LogP contribution in [0, 0.1) is 0 Å². The van der Waals surface area contributed by atoms with Crippen molar-refractivity contribution in [3.63, 3.8) is 0 Å². The molecule has 2 aliphatic rings. The van der Waals surface area contributed by atoms with Crippen molar-refractivity contribution >= 4 is 33.1 Å². The first-order chi connectivity index (χ1) is 13.9. The number of anilines is 1. The molecule has 0 unspecified atom stereocenters. The van der Waals surface area contributed by atoms with Crippen LogP contribution in [0.5, 0.6) is 0 Å². The number of nitrogens with zero attached hydrogens (tertiary/aromatic N) is 4. The second-order valence-electron chi connectivity index (χ2n) is 7.53. The normalized spacial score (nSPS) is 18.9. The maximum absolute atomic E-state index is 5.77. The first-order valence-electron chi connectivity index (χ1n) is 9.99. The summed E-state index contributed by atoms with van der Waals surface area (Å²) in [6.45, 7) is 1.60. The number of hydrogen-bond acceptors (Lipinski definition) is 6. The molecule has 0 saturated carbocycles. The van der Waals surface area contributed by atoms with Gasteiger partial charge in [0.15, 0.2) is 11.5 Å². The van der Waals surface area contributed by atoms with Crippen molar-refractivity contribution in [1.82, 2.24) is 19.6 Å². The van der Waals surface area contributed by atoms with E-state index in [4.69, 9.17) is 19.8 Å². The van der Waals surface area contributed by atoms with Crippen LogP contribution in [0.2, 0.25) is 0 Å². The summed E-state index contributed by atoms with van der Waals surface area (Å²) in [5.74, 6) is 1.50. The SMILES string of the molecule is c1ccc(-c2nc3c4c5c(sc4nc(NC[C@H]4CCCO4)n3n2)CCC5)cc1. The molecule has 0 bridgehead atoms. The monoisotopic (exact) mass is 391 g/mol. The predicted molar refractivity (Wildman–Crippen MR) is 111 cm³/mol. The number of fused-ring (bicyclic) bond motifs is 5. The lowest BCUT2D eigenvalue weighted by atomic mass is 10.2. The number of ether oxygens (including phenoxy) is 1. The summed E-state index contributed by atoms with van der Waals surface area (Å²) in [5, 5.41) is 9.50. The van der Waals surface area contributed by atoms with Crippen LogP contribution in [0.25, 0.3) is 27.3 Å². The van der Waals surface area contributed by atoms with E-state index < -0.39 is 0 Å². The third-order valence-corrected chi connectivity index (χ3v) is 6.87. The number of nitrogens with one attached hydrogen (secondary N) is 1. The average Bonchev–Trinajstić information content (AvgIpc) is 3.49. The van der Waals surface area contributed by atoms with Gasteiger partial charge in [0.25, 0.3) is 0 Å². The number of benzene rings is 1. The van der Waals surface area contributed by atoms with Gasteiger partial charge in [-0.25, -0.2) is 9.97 Å². The van der Waals surface area contributed by atoms with Gasteiger partial charge in [-0.2, -0.15) is 4.52 Å². The minimum absolute atomic E-state index is 0.248. The molecule has 28 heavy (non-hydrogen) atoms. The molecule has 0 spiro atoms. The predicted octanol–water partition coefficient (Wildman–Crippen LogP) is 4.09. The zero-order valence-electron chi connectivity index (χ0n) is 15.5. The van der Waals surface area contributed by atoms with Crippen molar-refractivity contribution in [2.24, 2.45) is 0 Å². The summed E-state index contributed by atoms with van der Waals surface area (Å²) in [6, 6.07) is 10.2. The van der Waals surface area contributed by atoms with Gasteiger partial charge < -0.3 is 10.1 Å². The Hall–Kier alpha value is -2.51. The van der Waals surface area contributed by atoms with E-state index in [0.717, 1.165) is 66.6 Å². The molecule has 4 aromatic rings. The largest absolute Gasteiger partial charge is 0.376 e. The molecule has 1 saturated heterocycles. The van der Waals surface area contributed by atoms with E-state index in [-0.39, 0.29) is 6.10 Å². The standard InChI is InChI=1S/C21H21N5OS/c1-2-6-13(7-3-1)18-23-19-17-15-9-4-10-16(15)28-20(17)24-21(26(19)25-18)22-12-14-8-5-11-27-14/h1-3,6-7,14H,4-5,8-12H2,(H,22,24)/t14-/m1/s1. The van der Waals surface area contributed by atoms with E-state index in [2.05, 4.69) is 17.4 Å².